The Morgan fingerprint density at radius 1 is 1.19 bits per heavy atom. The predicted molar refractivity (Wildman–Crippen MR) is 127 cm³/mol. The van der Waals surface area contributed by atoms with Crippen LogP contribution in [0.2, 0.25) is 0 Å². The van der Waals surface area contributed by atoms with Crippen molar-refractivity contribution in [2.24, 2.45) is 0 Å². The fourth-order valence-electron chi connectivity index (χ4n) is 4.27. The molecule has 0 spiro atoms. The van der Waals surface area contributed by atoms with Crippen LogP contribution in [0.3, 0.4) is 0 Å². The molecule has 1 aromatic heterocycles. The minimum absolute atomic E-state index is 0.00749. The van der Waals surface area contributed by atoms with E-state index in [1.165, 1.54) is 22.9 Å². The third-order valence-corrected chi connectivity index (χ3v) is 7.09. The molecule has 0 aliphatic carbocycles. The van der Waals surface area contributed by atoms with Crippen molar-refractivity contribution < 1.29 is 14.3 Å². The van der Waals surface area contributed by atoms with Gasteiger partial charge in [0.15, 0.2) is 5.16 Å². The van der Waals surface area contributed by atoms with Gasteiger partial charge in [-0.05, 0) is 62.1 Å². The Labute approximate surface area is 193 Å². The predicted octanol–water partition coefficient (Wildman–Crippen LogP) is 4.96. The molecule has 1 atom stereocenters. The average Bonchev–Trinajstić information content (AvgIpc) is 3.48. The highest BCUT2D eigenvalue weighted by atomic mass is 32.2. The molecule has 2 heterocycles. The normalized spacial score (nSPS) is 15.8. The van der Waals surface area contributed by atoms with Crippen LogP contribution in [0.5, 0.6) is 11.5 Å². The second-order valence-electron chi connectivity index (χ2n) is 7.94. The number of ether oxygens (including phenoxy) is 2. The van der Waals surface area contributed by atoms with Crippen LogP contribution in [0.25, 0.3) is 5.69 Å². The lowest BCUT2D eigenvalue weighted by atomic mass is 10.0. The lowest BCUT2D eigenvalue weighted by Gasteiger charge is -2.26. The van der Waals surface area contributed by atoms with Crippen LogP contribution >= 0.6 is 11.8 Å². The molecule has 1 saturated heterocycles. The monoisotopic (exact) mass is 451 g/mol. The van der Waals surface area contributed by atoms with E-state index in [0.717, 1.165) is 47.3 Å². The van der Waals surface area contributed by atoms with Gasteiger partial charge in [0.1, 0.15) is 11.5 Å². The van der Waals surface area contributed by atoms with Crippen LogP contribution in [-0.4, -0.2) is 46.9 Å². The summed E-state index contributed by atoms with van der Waals surface area (Å²) >= 11 is 1.48. The molecular formula is C25H29N3O3S. The lowest BCUT2D eigenvalue weighted by molar-refractivity contribution is -0.129. The first-order valence-corrected chi connectivity index (χ1v) is 11.8. The molecule has 1 fully saturated rings. The first-order valence-electron chi connectivity index (χ1n) is 10.8. The van der Waals surface area contributed by atoms with Crippen molar-refractivity contribution in [2.45, 2.75) is 37.9 Å². The number of likely N-dealkylation sites (tertiary alicyclic amines) is 1. The van der Waals surface area contributed by atoms with Crippen LogP contribution in [0.1, 0.15) is 35.6 Å². The van der Waals surface area contributed by atoms with Gasteiger partial charge < -0.3 is 14.4 Å². The summed E-state index contributed by atoms with van der Waals surface area (Å²) in [6.07, 6.45) is 5.62. The second kappa shape index (κ2) is 9.69. The van der Waals surface area contributed by atoms with Crippen molar-refractivity contribution in [3.63, 3.8) is 0 Å². The smallest absolute Gasteiger partial charge is 0.233 e. The topological polar surface area (TPSA) is 56.6 Å². The zero-order valence-corrected chi connectivity index (χ0v) is 19.8. The molecule has 1 amide bonds. The number of thioether (sulfide) groups is 1. The van der Waals surface area contributed by atoms with E-state index >= 15 is 0 Å². The van der Waals surface area contributed by atoms with Gasteiger partial charge in [-0.2, -0.15) is 0 Å². The SMILES string of the molecule is COc1ccc(OC)c(C2CCCN2C(=O)CSc2nccn2-c2cccc(C)c2C)c1. The number of methoxy groups -OCH3 is 2. The third-order valence-electron chi connectivity index (χ3n) is 6.14. The highest BCUT2D eigenvalue weighted by Gasteiger charge is 2.32. The molecule has 1 aliphatic heterocycles. The fourth-order valence-corrected chi connectivity index (χ4v) is 5.13. The van der Waals surface area contributed by atoms with Crippen molar-refractivity contribution in [1.82, 2.24) is 14.5 Å². The van der Waals surface area contributed by atoms with Gasteiger partial charge in [-0.15, -0.1) is 0 Å². The lowest BCUT2D eigenvalue weighted by Crippen LogP contribution is -2.32. The van der Waals surface area contributed by atoms with Crippen LogP contribution in [-0.2, 0) is 4.79 Å². The standard InChI is InChI=1S/C25H29N3O3S/c1-17-7-5-8-21(18(17)2)28-14-12-26-25(28)32-16-24(29)27-13-6-9-22(27)20-15-19(30-3)10-11-23(20)31-4/h5,7-8,10-12,14-15,22H,6,9,13,16H2,1-4H3. The van der Waals surface area contributed by atoms with Gasteiger partial charge in [0.2, 0.25) is 5.91 Å². The molecule has 0 N–H and O–H groups in total. The molecule has 3 aromatic rings. The quantitative estimate of drug-likeness (QED) is 0.475. The number of imidazole rings is 1. The van der Waals surface area contributed by atoms with Gasteiger partial charge in [-0.3, -0.25) is 9.36 Å². The fraction of sp³-hybridized carbons (Fsp3) is 0.360. The third kappa shape index (κ3) is 4.35. The number of hydrogen-bond donors (Lipinski definition) is 0. The first-order chi connectivity index (χ1) is 15.5. The highest BCUT2D eigenvalue weighted by molar-refractivity contribution is 7.99. The van der Waals surface area contributed by atoms with E-state index in [1.54, 1.807) is 20.4 Å². The van der Waals surface area contributed by atoms with E-state index in [-0.39, 0.29) is 11.9 Å². The molecule has 1 unspecified atom stereocenters. The summed E-state index contributed by atoms with van der Waals surface area (Å²) in [4.78, 5) is 19.7. The zero-order valence-electron chi connectivity index (χ0n) is 19.0. The van der Waals surface area contributed by atoms with Crippen LogP contribution < -0.4 is 9.47 Å². The Morgan fingerprint density at radius 2 is 2.03 bits per heavy atom. The summed E-state index contributed by atoms with van der Waals surface area (Å²) in [6.45, 7) is 4.96. The summed E-state index contributed by atoms with van der Waals surface area (Å²) in [5.41, 5.74) is 4.54. The summed E-state index contributed by atoms with van der Waals surface area (Å²) in [5.74, 6) is 2.00. The number of nitrogens with zero attached hydrogens (tertiary/aromatic N) is 3. The van der Waals surface area contributed by atoms with Gasteiger partial charge >= 0.3 is 0 Å². The zero-order chi connectivity index (χ0) is 22.7. The summed E-state index contributed by atoms with van der Waals surface area (Å²) in [5, 5.41) is 0.821. The van der Waals surface area contributed by atoms with Crippen LogP contribution in [0.15, 0.2) is 53.9 Å². The molecule has 168 valence electrons. The average molecular weight is 452 g/mol. The van der Waals surface area contributed by atoms with Gasteiger partial charge in [-0.25, -0.2) is 4.98 Å². The van der Waals surface area contributed by atoms with Gasteiger partial charge in [0.05, 0.1) is 31.7 Å². The molecule has 32 heavy (non-hydrogen) atoms. The molecule has 7 heteroatoms. The van der Waals surface area contributed by atoms with E-state index in [2.05, 4.69) is 35.5 Å². The number of rotatable bonds is 7. The number of carbonyl (C=O) groups excluding carboxylic acids is 1. The Morgan fingerprint density at radius 3 is 2.81 bits per heavy atom. The van der Waals surface area contributed by atoms with Crippen molar-refractivity contribution >= 4 is 17.7 Å². The van der Waals surface area contributed by atoms with Gasteiger partial charge in [-0.1, -0.05) is 23.9 Å². The van der Waals surface area contributed by atoms with Crippen molar-refractivity contribution in [3.8, 4) is 17.2 Å². The van der Waals surface area contributed by atoms with Crippen molar-refractivity contribution in [3.05, 3.63) is 65.5 Å². The Hall–Kier alpha value is -2.93. The van der Waals surface area contributed by atoms with E-state index in [9.17, 15) is 4.79 Å². The Kier molecular flexibility index (Phi) is 6.74. The van der Waals surface area contributed by atoms with E-state index in [1.807, 2.05) is 35.4 Å². The molecular weight excluding hydrogens is 422 g/mol. The van der Waals surface area contributed by atoms with Crippen molar-refractivity contribution in [1.29, 1.82) is 0 Å². The maximum atomic E-state index is 13.2. The largest absolute Gasteiger partial charge is 0.497 e. The summed E-state index contributed by atoms with van der Waals surface area (Å²) < 4.78 is 13.0. The number of aromatic nitrogens is 2. The second-order valence-corrected chi connectivity index (χ2v) is 8.88. The van der Waals surface area contributed by atoms with Crippen molar-refractivity contribution in [2.75, 3.05) is 26.5 Å². The number of amides is 1. The van der Waals surface area contributed by atoms with E-state index in [0.29, 0.717) is 5.75 Å². The molecule has 0 bridgehead atoms. The van der Waals surface area contributed by atoms with E-state index < -0.39 is 0 Å². The molecule has 1 aliphatic rings. The molecule has 0 radical (unpaired) electrons. The molecule has 2 aromatic carbocycles. The molecule has 4 rings (SSSR count). The molecule has 0 saturated carbocycles. The maximum absolute atomic E-state index is 13.2. The van der Waals surface area contributed by atoms with Gasteiger partial charge in [0, 0.05) is 24.5 Å². The number of carbonyl (C=O) groups is 1. The van der Waals surface area contributed by atoms with Gasteiger partial charge in [0.25, 0.3) is 0 Å². The summed E-state index contributed by atoms with van der Waals surface area (Å²) in [7, 11) is 3.31. The number of benzene rings is 2. The Bertz CT molecular complexity index is 1110. The van der Waals surface area contributed by atoms with Crippen LogP contribution in [0, 0.1) is 13.8 Å². The number of hydrogen-bond acceptors (Lipinski definition) is 5. The molecule has 6 nitrogen and oxygen atoms in total. The minimum Gasteiger partial charge on any atom is -0.497 e. The van der Waals surface area contributed by atoms with Crippen LogP contribution in [0.4, 0.5) is 0 Å². The van der Waals surface area contributed by atoms with E-state index in [4.69, 9.17) is 9.47 Å². The highest BCUT2D eigenvalue weighted by Crippen LogP contribution is 2.39. The Balaban J connectivity index is 1.51. The first kappa shape index (κ1) is 22.3. The minimum atomic E-state index is -0.00749. The maximum Gasteiger partial charge on any atom is 0.233 e. The summed E-state index contributed by atoms with van der Waals surface area (Å²) in [6, 6.07) is 12.0. The number of aryl methyl sites for hydroxylation is 1.